The summed E-state index contributed by atoms with van der Waals surface area (Å²) in [7, 11) is -10.6. The van der Waals surface area contributed by atoms with Gasteiger partial charge in [0.1, 0.15) is 17.3 Å². The van der Waals surface area contributed by atoms with Crippen LogP contribution in [-0.4, -0.2) is 34.9 Å². The second kappa shape index (κ2) is 7.57. The van der Waals surface area contributed by atoms with Crippen molar-refractivity contribution in [2.45, 2.75) is 5.75 Å². The van der Waals surface area contributed by atoms with Crippen molar-refractivity contribution in [2.75, 3.05) is 24.7 Å². The van der Waals surface area contributed by atoms with Crippen molar-refractivity contribution in [3.8, 4) is 0 Å². The normalized spacial score (nSPS) is 14.8. The van der Waals surface area contributed by atoms with Gasteiger partial charge in [0.25, 0.3) is 0 Å². The largest absolute Gasteiger partial charge is 0.391 e. The van der Waals surface area contributed by atoms with E-state index in [4.69, 9.17) is 21.8 Å². The fourth-order valence-electron chi connectivity index (χ4n) is 1.37. The molecule has 0 aliphatic carbocycles. The Morgan fingerprint density at radius 3 is 1.77 bits per heavy atom. The van der Waals surface area contributed by atoms with Gasteiger partial charge in [-0.2, -0.15) is 0 Å². The van der Waals surface area contributed by atoms with Crippen LogP contribution in [-0.2, 0) is 16.6 Å². The Balaban J connectivity index is 0.000000534. The fourth-order valence-corrected chi connectivity index (χ4v) is 3.24. The Bertz CT molecular complexity index is 453. The van der Waals surface area contributed by atoms with Gasteiger partial charge in [-0.25, -0.2) is 0 Å². The second-order valence-electron chi connectivity index (χ2n) is 4.20. The number of benzene rings is 1. The molecule has 2 N–H and O–H groups in total. The minimum atomic E-state index is -10.7. The second-order valence-corrected chi connectivity index (χ2v) is 8.88. The molecule has 0 unspecified atom stereocenters. The van der Waals surface area contributed by atoms with E-state index in [1.54, 1.807) is 0 Å². The zero-order valence-corrected chi connectivity index (χ0v) is 13.7. The maximum atomic E-state index is 9.87. The van der Waals surface area contributed by atoms with Crippen LogP contribution in [0.5, 0.6) is 0 Å². The Kier molecular flexibility index (Phi) is 7.50. The standard InChI is InChI=1S/C11H16ClO2S.F6P/c12-11-3-1-2-10(8-11)9-15(6-4-13)7-5-14;1-7(2,3,4,5)6/h1-3,8,13-14H,4-7,9H2;/q+1;-1. The van der Waals surface area contributed by atoms with Crippen LogP contribution in [0.3, 0.4) is 0 Å². The van der Waals surface area contributed by atoms with E-state index in [0.29, 0.717) is 0 Å². The van der Waals surface area contributed by atoms with Crippen molar-refractivity contribution in [1.29, 1.82) is 0 Å². The summed E-state index contributed by atoms with van der Waals surface area (Å²) in [5.41, 5.74) is 1.17. The first-order valence-corrected chi connectivity index (χ1v) is 10.0. The van der Waals surface area contributed by atoms with Crippen LogP contribution in [0.2, 0.25) is 5.02 Å². The summed E-state index contributed by atoms with van der Waals surface area (Å²) in [5.74, 6) is 2.40. The molecule has 0 atom stereocenters. The van der Waals surface area contributed by atoms with Gasteiger partial charge >= 0.3 is 33.0 Å². The van der Waals surface area contributed by atoms with Gasteiger partial charge in [-0.15, -0.1) is 0 Å². The van der Waals surface area contributed by atoms with Gasteiger partial charge in [0.15, 0.2) is 0 Å². The van der Waals surface area contributed by atoms with E-state index >= 15 is 0 Å². The van der Waals surface area contributed by atoms with Crippen LogP contribution in [0.4, 0.5) is 25.2 Å². The van der Waals surface area contributed by atoms with Crippen molar-refractivity contribution in [3.63, 3.8) is 0 Å². The molecule has 1 rings (SSSR count). The summed E-state index contributed by atoms with van der Waals surface area (Å²) in [6.07, 6.45) is 0. The molecule has 2 nitrogen and oxygen atoms in total. The Labute approximate surface area is 131 Å². The molecule has 0 aliphatic rings. The molecule has 0 aliphatic heterocycles. The van der Waals surface area contributed by atoms with Crippen LogP contribution < -0.4 is 0 Å². The molecular weight excluding hydrogens is 377 g/mol. The maximum Gasteiger partial charge on any atom is 0.133 e. The van der Waals surface area contributed by atoms with E-state index in [1.807, 2.05) is 24.3 Å². The van der Waals surface area contributed by atoms with Crippen LogP contribution in [0.15, 0.2) is 24.3 Å². The summed E-state index contributed by atoms with van der Waals surface area (Å²) < 4.78 is 59.2. The first-order valence-electron chi connectivity index (χ1n) is 5.88. The Morgan fingerprint density at radius 2 is 1.41 bits per heavy atom. The summed E-state index contributed by atoms with van der Waals surface area (Å²) in [6, 6.07) is 7.75. The van der Waals surface area contributed by atoms with Gasteiger partial charge in [-0.05, 0) is 23.0 Å². The first-order chi connectivity index (χ1) is 9.71. The molecule has 0 heterocycles. The van der Waals surface area contributed by atoms with Gasteiger partial charge in [-0.3, -0.25) is 0 Å². The molecule has 0 aromatic heterocycles. The third-order valence-corrected chi connectivity index (χ3v) is 4.52. The molecular formula is C11H16ClF6O2PS. The predicted molar refractivity (Wildman–Crippen MR) is 80.0 cm³/mol. The molecule has 22 heavy (non-hydrogen) atoms. The molecule has 0 spiro atoms. The SMILES string of the molecule is F[P-](F)(F)(F)(F)F.OCC[S+](CCO)Cc1cccc(Cl)c1. The van der Waals surface area contributed by atoms with Gasteiger partial charge in [0.2, 0.25) is 0 Å². The van der Waals surface area contributed by atoms with E-state index in [-0.39, 0.29) is 24.1 Å². The quantitative estimate of drug-likeness (QED) is 0.414. The van der Waals surface area contributed by atoms with E-state index in [0.717, 1.165) is 22.3 Å². The van der Waals surface area contributed by atoms with Crippen molar-refractivity contribution >= 4 is 30.3 Å². The number of halogens is 7. The summed E-state index contributed by atoms with van der Waals surface area (Å²) in [6.45, 7) is 0.368. The maximum absolute atomic E-state index is 10.7. The molecule has 0 saturated carbocycles. The summed E-state index contributed by atoms with van der Waals surface area (Å²) >= 11 is 5.89. The number of rotatable bonds is 6. The van der Waals surface area contributed by atoms with Crippen molar-refractivity contribution in [1.82, 2.24) is 0 Å². The van der Waals surface area contributed by atoms with Gasteiger partial charge in [-0.1, -0.05) is 23.7 Å². The van der Waals surface area contributed by atoms with Crippen LogP contribution in [0.25, 0.3) is 0 Å². The molecule has 0 saturated heterocycles. The van der Waals surface area contributed by atoms with Gasteiger partial charge in [0.05, 0.1) is 13.2 Å². The van der Waals surface area contributed by atoms with Gasteiger partial charge < -0.3 is 10.2 Å². The molecule has 0 amide bonds. The molecule has 11 heteroatoms. The Hall–Kier alpha value is -0.210. The molecule has 0 radical (unpaired) electrons. The van der Waals surface area contributed by atoms with Gasteiger partial charge in [0, 0.05) is 10.6 Å². The van der Waals surface area contributed by atoms with E-state index in [1.165, 1.54) is 5.56 Å². The third-order valence-electron chi connectivity index (χ3n) is 2.02. The molecule has 1 aromatic rings. The van der Waals surface area contributed by atoms with Crippen molar-refractivity contribution in [2.24, 2.45) is 0 Å². The number of aliphatic hydroxyl groups excluding tert-OH is 2. The predicted octanol–water partition coefficient (Wildman–Crippen LogP) is 4.83. The average molecular weight is 393 g/mol. The smallest absolute Gasteiger partial charge is 0.133 e. The average Bonchev–Trinajstić information content (AvgIpc) is 2.25. The first kappa shape index (κ1) is 21.8. The minimum Gasteiger partial charge on any atom is -0.391 e. The zero-order chi connectivity index (χ0) is 17.5. The number of hydrogen-bond acceptors (Lipinski definition) is 2. The molecule has 1 aromatic carbocycles. The van der Waals surface area contributed by atoms with E-state index in [9.17, 15) is 25.2 Å². The van der Waals surface area contributed by atoms with Crippen LogP contribution >= 0.6 is 19.4 Å². The Morgan fingerprint density at radius 1 is 0.955 bits per heavy atom. The zero-order valence-electron chi connectivity index (χ0n) is 11.2. The van der Waals surface area contributed by atoms with Crippen molar-refractivity contribution in [3.05, 3.63) is 34.9 Å². The topological polar surface area (TPSA) is 40.5 Å². The van der Waals surface area contributed by atoms with E-state index in [2.05, 4.69) is 0 Å². The third kappa shape index (κ3) is 17.8. The summed E-state index contributed by atoms with van der Waals surface area (Å²) in [4.78, 5) is 0. The fraction of sp³-hybridized carbons (Fsp3) is 0.455. The van der Waals surface area contributed by atoms with Crippen LogP contribution in [0.1, 0.15) is 5.56 Å². The number of hydrogen-bond donors (Lipinski definition) is 2. The van der Waals surface area contributed by atoms with E-state index < -0.39 is 7.81 Å². The van der Waals surface area contributed by atoms with Crippen LogP contribution in [0, 0.1) is 0 Å². The molecule has 0 fully saturated rings. The van der Waals surface area contributed by atoms with Crippen molar-refractivity contribution < 1.29 is 35.4 Å². The minimum absolute atomic E-state index is 0.0576. The monoisotopic (exact) mass is 392 g/mol. The molecule has 132 valence electrons. The number of aliphatic hydroxyl groups is 2. The molecule has 0 bridgehead atoms. The summed E-state index contributed by atoms with van der Waals surface area (Å²) in [5, 5.41) is 18.5.